The summed E-state index contributed by atoms with van der Waals surface area (Å²) in [5.74, 6) is 0. The summed E-state index contributed by atoms with van der Waals surface area (Å²) >= 11 is 15.4. The molecule has 2 aromatic heterocycles. The molecular formula is C27H15Cl2N3OS2. The van der Waals surface area contributed by atoms with Crippen LogP contribution in [0, 0.1) is 0 Å². The fourth-order valence-corrected chi connectivity index (χ4v) is 6.46. The molecule has 0 amide bonds. The quantitative estimate of drug-likeness (QED) is 0.140. The van der Waals surface area contributed by atoms with Crippen LogP contribution in [0.5, 0.6) is 0 Å². The molecule has 0 spiro atoms. The Kier molecular flexibility index (Phi) is 5.74. The summed E-state index contributed by atoms with van der Waals surface area (Å²) in [6, 6.07) is 27.4. The molecule has 170 valence electrons. The number of benzene rings is 4. The van der Waals surface area contributed by atoms with E-state index in [1.54, 1.807) is 0 Å². The van der Waals surface area contributed by atoms with Crippen LogP contribution >= 0.6 is 45.9 Å². The Morgan fingerprint density at radius 2 is 1.11 bits per heavy atom. The summed E-state index contributed by atoms with van der Waals surface area (Å²) in [6.07, 6.45) is 0. The van der Waals surface area contributed by atoms with Gasteiger partial charge in [-0.25, -0.2) is 9.97 Å². The van der Waals surface area contributed by atoms with Crippen LogP contribution in [0.1, 0.15) is 10.0 Å². The second-order valence-electron chi connectivity index (χ2n) is 7.81. The Labute approximate surface area is 218 Å². The van der Waals surface area contributed by atoms with E-state index >= 15 is 0 Å². The molecule has 0 radical (unpaired) electrons. The van der Waals surface area contributed by atoms with Crippen molar-refractivity contribution in [1.29, 1.82) is 0 Å². The zero-order valence-corrected chi connectivity index (χ0v) is 21.1. The van der Waals surface area contributed by atoms with E-state index in [2.05, 4.69) is 5.16 Å². The highest BCUT2D eigenvalue weighted by molar-refractivity contribution is 7.23. The van der Waals surface area contributed by atoms with Gasteiger partial charge in [0.1, 0.15) is 10.0 Å². The van der Waals surface area contributed by atoms with E-state index in [-0.39, 0.29) is 0 Å². The third-order valence-electron chi connectivity index (χ3n) is 5.61. The van der Waals surface area contributed by atoms with E-state index in [0.29, 0.717) is 25.8 Å². The van der Waals surface area contributed by atoms with Crippen LogP contribution in [0.4, 0.5) is 0 Å². The van der Waals surface area contributed by atoms with E-state index in [1.165, 1.54) is 22.7 Å². The number of halogens is 2. The summed E-state index contributed by atoms with van der Waals surface area (Å²) in [5.41, 5.74) is 5.91. The summed E-state index contributed by atoms with van der Waals surface area (Å²) in [4.78, 5) is 9.73. The Morgan fingerprint density at radius 1 is 0.657 bits per heavy atom. The molecule has 0 saturated heterocycles. The van der Waals surface area contributed by atoms with Crippen LogP contribution in [0.25, 0.3) is 42.7 Å². The molecule has 35 heavy (non-hydrogen) atoms. The molecule has 0 atom stereocenters. The smallest absolute Gasteiger partial charge is 0.174 e. The molecule has 6 rings (SSSR count). The molecule has 0 aliphatic heterocycles. The minimum Gasteiger partial charge on any atom is -0.410 e. The monoisotopic (exact) mass is 531 g/mol. The van der Waals surface area contributed by atoms with Crippen molar-refractivity contribution in [3.05, 3.63) is 105 Å². The Bertz CT molecular complexity index is 1630. The first kappa shape index (κ1) is 22.2. The number of nitrogens with zero attached hydrogens (tertiary/aromatic N) is 3. The summed E-state index contributed by atoms with van der Waals surface area (Å²) in [5, 5.41) is 16.2. The molecular weight excluding hydrogens is 517 g/mol. The highest BCUT2D eigenvalue weighted by atomic mass is 35.5. The third-order valence-corrected chi connectivity index (χ3v) is 8.14. The van der Waals surface area contributed by atoms with Crippen LogP contribution in [0.15, 0.2) is 90.1 Å². The highest BCUT2D eigenvalue weighted by Crippen LogP contribution is 2.36. The molecule has 4 nitrogen and oxygen atoms in total. The lowest BCUT2D eigenvalue weighted by atomic mass is 10.0. The molecule has 4 aromatic carbocycles. The van der Waals surface area contributed by atoms with Crippen molar-refractivity contribution < 1.29 is 5.21 Å². The molecule has 0 bridgehead atoms. The van der Waals surface area contributed by atoms with Crippen molar-refractivity contribution in [2.24, 2.45) is 5.16 Å². The lowest BCUT2D eigenvalue weighted by Gasteiger charge is -2.03. The maximum absolute atomic E-state index is 10.0. The van der Waals surface area contributed by atoms with Gasteiger partial charge in [0, 0.05) is 21.2 Å². The second-order valence-corrected chi connectivity index (χ2v) is 10.7. The standard InChI is InChI=1S/C27H15Cl2N3OS2/c28-17-7-1-5-15(13-17)19-9-3-11-21-23(19)30-26(34-21)25(32-33)27-31-24-20(10-4-12-22(24)35-27)16-6-2-8-18(29)14-16/h1-14,33H. The number of hydrogen-bond acceptors (Lipinski definition) is 6. The van der Waals surface area contributed by atoms with Gasteiger partial charge in [-0.15, -0.1) is 22.7 Å². The molecule has 0 unspecified atom stereocenters. The van der Waals surface area contributed by atoms with Gasteiger partial charge >= 0.3 is 0 Å². The molecule has 0 aliphatic carbocycles. The Morgan fingerprint density at radius 3 is 1.54 bits per heavy atom. The maximum Gasteiger partial charge on any atom is 0.174 e. The molecule has 0 saturated carbocycles. The third kappa shape index (κ3) is 4.09. The van der Waals surface area contributed by atoms with E-state index in [4.69, 9.17) is 33.2 Å². The van der Waals surface area contributed by atoms with Gasteiger partial charge in [-0.1, -0.05) is 76.9 Å². The zero-order valence-electron chi connectivity index (χ0n) is 17.9. The van der Waals surface area contributed by atoms with Crippen molar-refractivity contribution in [2.75, 3.05) is 0 Å². The van der Waals surface area contributed by atoms with Gasteiger partial charge in [0.25, 0.3) is 0 Å². The molecule has 0 aliphatic rings. The predicted molar refractivity (Wildman–Crippen MR) is 148 cm³/mol. The van der Waals surface area contributed by atoms with Crippen LogP contribution < -0.4 is 0 Å². The van der Waals surface area contributed by atoms with E-state index in [9.17, 15) is 5.21 Å². The number of hydrogen-bond donors (Lipinski definition) is 1. The minimum absolute atomic E-state index is 0.349. The number of fused-ring (bicyclic) bond motifs is 2. The summed E-state index contributed by atoms with van der Waals surface area (Å²) < 4.78 is 1.97. The average Bonchev–Trinajstić information content (AvgIpc) is 3.48. The van der Waals surface area contributed by atoms with Gasteiger partial charge in [-0.3, -0.25) is 0 Å². The van der Waals surface area contributed by atoms with Gasteiger partial charge in [-0.05, 0) is 47.5 Å². The van der Waals surface area contributed by atoms with Crippen molar-refractivity contribution in [2.45, 2.75) is 0 Å². The Hall–Kier alpha value is -3.29. The molecule has 6 aromatic rings. The SMILES string of the molecule is ON=C(c1nc2c(-c3cccc(Cl)c3)cccc2s1)c1nc2c(-c3cccc(Cl)c3)cccc2s1. The maximum atomic E-state index is 10.0. The van der Waals surface area contributed by atoms with Crippen molar-refractivity contribution in [1.82, 2.24) is 9.97 Å². The first-order valence-corrected chi connectivity index (χ1v) is 13.0. The van der Waals surface area contributed by atoms with Crippen LogP contribution in [0.2, 0.25) is 10.0 Å². The zero-order chi connectivity index (χ0) is 23.9. The number of oxime groups is 1. The molecule has 1 N–H and O–H groups in total. The molecule has 2 heterocycles. The molecule has 8 heteroatoms. The molecule has 0 fully saturated rings. The summed E-state index contributed by atoms with van der Waals surface area (Å²) in [7, 11) is 0. The predicted octanol–water partition coefficient (Wildman–Crippen LogP) is 8.77. The number of rotatable bonds is 4. The van der Waals surface area contributed by atoms with Crippen molar-refractivity contribution in [3.63, 3.8) is 0 Å². The van der Waals surface area contributed by atoms with Gasteiger partial charge < -0.3 is 5.21 Å². The number of para-hydroxylation sites is 2. The van der Waals surface area contributed by atoms with E-state index in [0.717, 1.165) is 42.7 Å². The minimum atomic E-state index is 0.349. The number of thiazole rings is 2. The summed E-state index contributed by atoms with van der Waals surface area (Å²) in [6.45, 7) is 0. The lowest BCUT2D eigenvalue weighted by Crippen LogP contribution is -2.02. The normalized spacial score (nSPS) is 11.3. The van der Waals surface area contributed by atoms with E-state index in [1.807, 2.05) is 84.9 Å². The first-order chi connectivity index (χ1) is 17.1. The first-order valence-electron chi connectivity index (χ1n) is 10.6. The van der Waals surface area contributed by atoms with E-state index < -0.39 is 0 Å². The van der Waals surface area contributed by atoms with Gasteiger partial charge in [-0.2, -0.15) is 0 Å². The van der Waals surface area contributed by atoms with Crippen molar-refractivity contribution >= 4 is 72.0 Å². The van der Waals surface area contributed by atoms with Gasteiger partial charge in [0.05, 0.1) is 20.4 Å². The van der Waals surface area contributed by atoms with Crippen LogP contribution in [0.3, 0.4) is 0 Å². The fourth-order valence-electron chi connectivity index (χ4n) is 4.05. The van der Waals surface area contributed by atoms with Crippen LogP contribution in [-0.2, 0) is 0 Å². The van der Waals surface area contributed by atoms with Gasteiger partial charge in [0.2, 0.25) is 0 Å². The largest absolute Gasteiger partial charge is 0.410 e. The van der Waals surface area contributed by atoms with Crippen molar-refractivity contribution in [3.8, 4) is 22.3 Å². The number of aromatic nitrogens is 2. The lowest BCUT2D eigenvalue weighted by molar-refractivity contribution is 0.319. The van der Waals surface area contributed by atoms with Gasteiger partial charge in [0.15, 0.2) is 5.71 Å². The Balaban J connectivity index is 1.47. The van der Waals surface area contributed by atoms with Crippen LogP contribution in [-0.4, -0.2) is 20.9 Å². The highest BCUT2D eigenvalue weighted by Gasteiger charge is 2.20. The fraction of sp³-hybridized carbons (Fsp3) is 0. The topological polar surface area (TPSA) is 58.4 Å². The average molecular weight is 532 g/mol. The second kappa shape index (κ2) is 9.06.